The quantitative estimate of drug-likeness (QED) is 0.828. The number of imide groups is 1. The van der Waals surface area contributed by atoms with E-state index in [1.165, 1.54) is 12.1 Å². The number of carbonyl (C=O) groups excluding carboxylic acids is 3. The van der Waals surface area contributed by atoms with Gasteiger partial charge in [-0.1, -0.05) is 25.1 Å². The number of aryl methyl sites for hydroxylation is 1. The van der Waals surface area contributed by atoms with Gasteiger partial charge < -0.3 is 10.6 Å². The third kappa shape index (κ3) is 3.42. The highest BCUT2D eigenvalue weighted by molar-refractivity contribution is 6.23. The normalized spacial score (nSPS) is 17.0. The van der Waals surface area contributed by atoms with Crippen molar-refractivity contribution >= 4 is 29.2 Å². The van der Waals surface area contributed by atoms with Crippen LogP contribution in [-0.2, 0) is 16.0 Å². The van der Waals surface area contributed by atoms with E-state index in [1.54, 1.807) is 12.1 Å². The second-order valence-electron chi connectivity index (χ2n) is 5.89. The number of para-hydroxylation sites is 1. The maximum Gasteiger partial charge on any atom is 0.328 e. The third-order valence-corrected chi connectivity index (χ3v) is 4.24. The smallest absolute Gasteiger partial charge is 0.328 e. The van der Waals surface area contributed by atoms with Crippen molar-refractivity contribution in [3.05, 3.63) is 59.9 Å². The van der Waals surface area contributed by atoms with Gasteiger partial charge in [0.05, 0.1) is 5.69 Å². The number of anilines is 2. The molecule has 1 atom stereocenters. The number of hydrogen-bond donors (Lipinski definition) is 2. The molecule has 0 radical (unpaired) electrons. The lowest BCUT2D eigenvalue weighted by molar-refractivity contribution is -0.130. The molecule has 6 nitrogen and oxygen atoms in total. The Morgan fingerprint density at radius 1 is 1.19 bits per heavy atom. The molecule has 0 aliphatic carbocycles. The van der Waals surface area contributed by atoms with E-state index in [1.807, 2.05) is 19.1 Å². The van der Waals surface area contributed by atoms with Gasteiger partial charge in [-0.2, -0.15) is 0 Å². The molecule has 2 aromatic rings. The van der Waals surface area contributed by atoms with Crippen LogP contribution in [0.3, 0.4) is 0 Å². The Balaban J connectivity index is 1.81. The van der Waals surface area contributed by atoms with Gasteiger partial charge >= 0.3 is 6.03 Å². The molecule has 0 spiro atoms. The van der Waals surface area contributed by atoms with E-state index in [9.17, 15) is 18.8 Å². The van der Waals surface area contributed by atoms with E-state index in [-0.39, 0.29) is 12.2 Å². The van der Waals surface area contributed by atoms with Crippen molar-refractivity contribution in [3.63, 3.8) is 0 Å². The zero-order chi connectivity index (χ0) is 18.7. The van der Waals surface area contributed by atoms with Gasteiger partial charge in [-0.05, 0) is 42.3 Å². The van der Waals surface area contributed by atoms with Crippen LogP contribution in [0.5, 0.6) is 0 Å². The van der Waals surface area contributed by atoms with Gasteiger partial charge in [0.1, 0.15) is 11.7 Å². The second-order valence-corrected chi connectivity index (χ2v) is 5.89. The number of nitrogens with one attached hydrogen (secondary N) is 2. The lowest BCUT2D eigenvalue weighted by Crippen LogP contribution is -2.58. The molecule has 1 fully saturated rings. The number of nitrogens with zero attached hydrogens (tertiary/aromatic N) is 1. The van der Waals surface area contributed by atoms with Crippen LogP contribution in [0.15, 0.2) is 48.5 Å². The molecule has 2 aromatic carbocycles. The molecule has 1 aliphatic rings. The largest absolute Gasteiger partial charge is 0.336 e. The SMILES string of the molecule is CCc1ccccc1NC(=O)C1CNC(=O)N(c2ccc(F)cc2)C1=O. The van der Waals surface area contributed by atoms with Gasteiger partial charge in [-0.3, -0.25) is 9.59 Å². The fourth-order valence-electron chi connectivity index (χ4n) is 2.82. The minimum atomic E-state index is -1.07. The number of halogens is 1. The molecule has 134 valence electrons. The summed E-state index contributed by atoms with van der Waals surface area (Å²) in [6, 6.07) is 11.6. The van der Waals surface area contributed by atoms with Crippen molar-refractivity contribution in [2.75, 3.05) is 16.8 Å². The van der Waals surface area contributed by atoms with Crippen molar-refractivity contribution in [1.82, 2.24) is 5.32 Å². The molecule has 3 rings (SSSR count). The van der Waals surface area contributed by atoms with Crippen molar-refractivity contribution in [2.24, 2.45) is 5.92 Å². The van der Waals surface area contributed by atoms with Crippen LogP contribution >= 0.6 is 0 Å². The van der Waals surface area contributed by atoms with Crippen LogP contribution in [0.25, 0.3) is 0 Å². The van der Waals surface area contributed by atoms with Crippen LogP contribution in [0, 0.1) is 11.7 Å². The molecular weight excluding hydrogens is 337 g/mol. The van der Waals surface area contributed by atoms with Crippen molar-refractivity contribution in [2.45, 2.75) is 13.3 Å². The highest BCUT2D eigenvalue weighted by Crippen LogP contribution is 2.22. The molecule has 26 heavy (non-hydrogen) atoms. The Bertz CT molecular complexity index is 851. The fourth-order valence-corrected chi connectivity index (χ4v) is 2.82. The van der Waals surface area contributed by atoms with Crippen molar-refractivity contribution in [1.29, 1.82) is 0 Å². The van der Waals surface area contributed by atoms with E-state index in [0.29, 0.717) is 5.69 Å². The van der Waals surface area contributed by atoms with Crippen LogP contribution in [-0.4, -0.2) is 24.4 Å². The summed E-state index contributed by atoms with van der Waals surface area (Å²) in [5.74, 6) is -2.69. The first-order valence-electron chi connectivity index (χ1n) is 8.27. The number of carbonyl (C=O) groups is 3. The standard InChI is InChI=1S/C19H18FN3O3/c1-2-12-5-3-4-6-16(12)22-17(24)15-11-21-19(26)23(18(15)25)14-9-7-13(20)8-10-14/h3-10,15H,2,11H2,1H3,(H,21,26)(H,22,24). The summed E-state index contributed by atoms with van der Waals surface area (Å²) >= 11 is 0. The van der Waals surface area contributed by atoms with Gasteiger partial charge in [0.15, 0.2) is 0 Å². The lowest BCUT2D eigenvalue weighted by Gasteiger charge is -2.30. The first-order valence-corrected chi connectivity index (χ1v) is 8.27. The number of amides is 4. The van der Waals surface area contributed by atoms with Crippen LogP contribution in [0.1, 0.15) is 12.5 Å². The van der Waals surface area contributed by atoms with Gasteiger partial charge in [0.25, 0.3) is 0 Å². The summed E-state index contributed by atoms with van der Waals surface area (Å²) in [6.07, 6.45) is 0.730. The van der Waals surface area contributed by atoms with Gasteiger partial charge in [-0.25, -0.2) is 14.1 Å². The summed E-state index contributed by atoms with van der Waals surface area (Å²) in [5.41, 5.74) is 1.79. The molecule has 1 saturated heterocycles. The molecule has 4 amide bonds. The van der Waals surface area contributed by atoms with E-state index in [4.69, 9.17) is 0 Å². The van der Waals surface area contributed by atoms with Gasteiger partial charge in [0.2, 0.25) is 11.8 Å². The molecule has 0 aromatic heterocycles. The average molecular weight is 355 g/mol. The predicted molar refractivity (Wildman–Crippen MR) is 95.2 cm³/mol. The summed E-state index contributed by atoms with van der Waals surface area (Å²) in [6.45, 7) is 1.88. The predicted octanol–water partition coefficient (Wildman–Crippen LogP) is 2.70. The number of hydrogen-bond acceptors (Lipinski definition) is 3. The number of rotatable bonds is 4. The Morgan fingerprint density at radius 2 is 1.88 bits per heavy atom. The topological polar surface area (TPSA) is 78.5 Å². The molecule has 1 unspecified atom stereocenters. The molecule has 2 N–H and O–H groups in total. The molecule has 7 heteroatoms. The molecule has 1 aliphatic heterocycles. The Hall–Kier alpha value is -3.22. The summed E-state index contributed by atoms with van der Waals surface area (Å²) in [4.78, 5) is 38.3. The van der Waals surface area contributed by atoms with Crippen LogP contribution in [0.2, 0.25) is 0 Å². The average Bonchev–Trinajstić information content (AvgIpc) is 2.63. The van der Waals surface area contributed by atoms with Crippen molar-refractivity contribution < 1.29 is 18.8 Å². The zero-order valence-electron chi connectivity index (χ0n) is 14.2. The molecule has 0 saturated carbocycles. The summed E-state index contributed by atoms with van der Waals surface area (Å²) in [5, 5.41) is 5.29. The first-order chi connectivity index (χ1) is 12.5. The first kappa shape index (κ1) is 17.6. The molecule has 0 bridgehead atoms. The van der Waals surface area contributed by atoms with Crippen LogP contribution < -0.4 is 15.5 Å². The van der Waals surface area contributed by atoms with E-state index >= 15 is 0 Å². The number of urea groups is 1. The number of benzene rings is 2. The molecule has 1 heterocycles. The zero-order valence-corrected chi connectivity index (χ0v) is 14.2. The Kier molecular flexibility index (Phi) is 4.97. The van der Waals surface area contributed by atoms with Gasteiger partial charge in [0, 0.05) is 12.2 Å². The second kappa shape index (κ2) is 7.35. The maximum atomic E-state index is 13.1. The maximum absolute atomic E-state index is 13.1. The molecular formula is C19H18FN3O3. The summed E-state index contributed by atoms with van der Waals surface area (Å²) < 4.78 is 13.1. The van der Waals surface area contributed by atoms with E-state index in [2.05, 4.69) is 10.6 Å². The Morgan fingerprint density at radius 3 is 2.58 bits per heavy atom. The van der Waals surface area contributed by atoms with Gasteiger partial charge in [-0.15, -0.1) is 0 Å². The van der Waals surface area contributed by atoms with Crippen molar-refractivity contribution in [3.8, 4) is 0 Å². The summed E-state index contributed by atoms with van der Waals surface area (Å²) in [7, 11) is 0. The lowest BCUT2D eigenvalue weighted by atomic mass is 10.0. The highest BCUT2D eigenvalue weighted by atomic mass is 19.1. The van der Waals surface area contributed by atoms with Crippen LogP contribution in [0.4, 0.5) is 20.6 Å². The van der Waals surface area contributed by atoms with E-state index in [0.717, 1.165) is 29.0 Å². The highest BCUT2D eigenvalue weighted by Gasteiger charge is 2.39. The minimum Gasteiger partial charge on any atom is -0.336 e. The fraction of sp³-hybridized carbons (Fsp3) is 0.211. The van der Waals surface area contributed by atoms with E-state index < -0.39 is 29.6 Å². The Labute approximate surface area is 150 Å². The third-order valence-electron chi connectivity index (χ3n) is 4.24. The monoisotopic (exact) mass is 355 g/mol. The minimum absolute atomic E-state index is 0.0878.